The number of quaternary nitrogens is 1. The number of phosphoric acid groups is 1. The van der Waals surface area contributed by atoms with E-state index in [9.17, 15) is 14.3 Å². The van der Waals surface area contributed by atoms with Crippen LogP contribution in [0.4, 0.5) is 0 Å². The molecule has 0 aromatic rings. The first kappa shape index (κ1) is 52.4. The number of hydrogen-bond acceptors (Lipinski definition) is 7. The molecule has 2 unspecified atom stereocenters. The van der Waals surface area contributed by atoms with E-state index in [1.165, 1.54) is 6.42 Å². The van der Waals surface area contributed by atoms with Crippen molar-refractivity contribution < 1.29 is 37.3 Å². The number of phosphoric ester groups is 1. The van der Waals surface area contributed by atoms with Crippen molar-refractivity contribution in [2.75, 3.05) is 54.1 Å². The zero-order chi connectivity index (χ0) is 40.6. The van der Waals surface area contributed by atoms with Crippen LogP contribution in [0.5, 0.6) is 0 Å². The van der Waals surface area contributed by atoms with E-state index in [1.807, 2.05) is 21.1 Å². The maximum Gasteiger partial charge on any atom is 0.306 e. The summed E-state index contributed by atoms with van der Waals surface area (Å²) in [6.45, 7) is 5.01. The van der Waals surface area contributed by atoms with Crippen LogP contribution in [0.3, 0.4) is 0 Å². The first-order valence-corrected chi connectivity index (χ1v) is 22.4. The number of esters is 1. The molecule has 0 aliphatic heterocycles. The number of rotatable bonds is 37. The van der Waals surface area contributed by atoms with Gasteiger partial charge in [-0.15, -0.1) is 0 Å². The maximum absolute atomic E-state index is 12.6. The van der Waals surface area contributed by atoms with E-state index in [4.69, 9.17) is 18.5 Å². The van der Waals surface area contributed by atoms with Gasteiger partial charge in [0.05, 0.1) is 34.4 Å². The van der Waals surface area contributed by atoms with Crippen LogP contribution in [-0.4, -0.2) is 70.7 Å². The molecule has 0 aromatic carbocycles. The number of nitrogens with zero attached hydrogens (tertiary/aromatic N) is 1. The summed E-state index contributed by atoms with van der Waals surface area (Å²) >= 11 is 0. The summed E-state index contributed by atoms with van der Waals surface area (Å²) in [4.78, 5) is 25.0. The van der Waals surface area contributed by atoms with Crippen molar-refractivity contribution in [3.63, 3.8) is 0 Å². The van der Waals surface area contributed by atoms with Gasteiger partial charge in [-0.05, 0) is 83.5 Å². The van der Waals surface area contributed by atoms with Crippen LogP contribution in [0.1, 0.15) is 129 Å². The minimum atomic E-state index is -4.55. The molecule has 55 heavy (non-hydrogen) atoms. The summed E-state index contributed by atoms with van der Waals surface area (Å²) in [7, 11) is 1.29. The fourth-order valence-corrected chi connectivity index (χ4v) is 5.62. The molecule has 314 valence electrons. The number of unbranched alkanes of at least 4 members (excludes halogenated alkanes) is 7. The van der Waals surface area contributed by atoms with E-state index in [2.05, 4.69) is 111 Å². The van der Waals surface area contributed by atoms with E-state index >= 15 is 0 Å². The van der Waals surface area contributed by atoms with E-state index in [-0.39, 0.29) is 32.2 Å². The molecule has 0 aliphatic rings. The molecule has 0 radical (unpaired) electrons. The normalized spacial score (nSPS) is 14.8. The molecule has 2 atom stereocenters. The number of allylic oxidation sites excluding steroid dienone is 16. The standard InChI is InChI=1S/C46H78NO7P/c1-6-8-10-12-14-16-18-20-21-22-23-24-25-26-28-30-32-34-36-38-41-51-43-45(44-53-55(49,50)52-42-40-47(3,4)5)54-46(48)39-37-35-33-31-29-27-19-17-15-13-11-9-7-2/h8,10-11,13-14,16-17,19-21,23-24,26,28,32,34,45H,6-7,9,12,15,18,22,25,27,29-31,33,35-44H2,1-5H3/b10-8-,13-11-,16-14-,19-17-,21-20-,24-23-,28-26-,34-32-. The van der Waals surface area contributed by atoms with Gasteiger partial charge in [-0.25, -0.2) is 0 Å². The highest BCUT2D eigenvalue weighted by Gasteiger charge is 2.20. The molecule has 0 N–H and O–H groups in total. The molecule has 0 saturated carbocycles. The second-order valence-corrected chi connectivity index (χ2v) is 16.0. The lowest BCUT2D eigenvalue weighted by molar-refractivity contribution is -0.870. The second-order valence-electron chi connectivity index (χ2n) is 14.6. The van der Waals surface area contributed by atoms with Gasteiger partial charge in [0.15, 0.2) is 0 Å². The van der Waals surface area contributed by atoms with Gasteiger partial charge in [0.1, 0.15) is 19.3 Å². The van der Waals surface area contributed by atoms with Crippen molar-refractivity contribution in [3.8, 4) is 0 Å². The fraction of sp³-hybridized carbons (Fsp3) is 0.630. The van der Waals surface area contributed by atoms with Crippen LogP contribution in [0.25, 0.3) is 0 Å². The van der Waals surface area contributed by atoms with Crippen molar-refractivity contribution in [1.29, 1.82) is 0 Å². The molecule has 0 amide bonds. The number of carbonyl (C=O) groups excluding carboxylic acids is 1. The molecule has 0 aromatic heterocycles. The predicted octanol–water partition coefficient (Wildman–Crippen LogP) is 11.6. The molecule has 0 rings (SSSR count). The van der Waals surface area contributed by atoms with Crippen LogP contribution in [0.2, 0.25) is 0 Å². The Labute approximate surface area is 337 Å². The lowest BCUT2D eigenvalue weighted by Gasteiger charge is -2.28. The monoisotopic (exact) mass is 788 g/mol. The van der Waals surface area contributed by atoms with Crippen molar-refractivity contribution in [1.82, 2.24) is 0 Å². The van der Waals surface area contributed by atoms with Crippen LogP contribution >= 0.6 is 7.82 Å². The Morgan fingerprint density at radius 3 is 1.58 bits per heavy atom. The molecule has 0 heterocycles. The van der Waals surface area contributed by atoms with E-state index in [0.29, 0.717) is 17.6 Å². The van der Waals surface area contributed by atoms with Crippen molar-refractivity contribution in [3.05, 3.63) is 97.2 Å². The summed E-state index contributed by atoms with van der Waals surface area (Å²) in [5, 5.41) is 0. The first-order chi connectivity index (χ1) is 26.6. The van der Waals surface area contributed by atoms with Gasteiger partial charge in [-0.1, -0.05) is 137 Å². The fourth-order valence-electron chi connectivity index (χ4n) is 4.89. The Kier molecular flexibility index (Phi) is 36.5. The highest BCUT2D eigenvalue weighted by Crippen LogP contribution is 2.38. The Morgan fingerprint density at radius 2 is 1.05 bits per heavy atom. The Morgan fingerprint density at radius 1 is 0.582 bits per heavy atom. The molecule has 0 aliphatic carbocycles. The van der Waals surface area contributed by atoms with Gasteiger partial charge >= 0.3 is 5.97 Å². The van der Waals surface area contributed by atoms with Gasteiger partial charge in [0, 0.05) is 13.0 Å². The predicted molar refractivity (Wildman–Crippen MR) is 231 cm³/mol. The highest BCUT2D eigenvalue weighted by atomic mass is 31.2. The summed E-state index contributed by atoms with van der Waals surface area (Å²) in [6, 6.07) is 0. The molecule has 0 saturated heterocycles. The summed E-state index contributed by atoms with van der Waals surface area (Å²) in [5.74, 6) is -0.374. The van der Waals surface area contributed by atoms with Crippen molar-refractivity contribution >= 4 is 13.8 Å². The largest absolute Gasteiger partial charge is 0.756 e. The van der Waals surface area contributed by atoms with Crippen LogP contribution in [0.15, 0.2) is 97.2 Å². The summed E-state index contributed by atoms with van der Waals surface area (Å²) in [6.07, 6.45) is 51.5. The van der Waals surface area contributed by atoms with Gasteiger partial charge < -0.3 is 27.9 Å². The van der Waals surface area contributed by atoms with E-state index in [1.54, 1.807) is 0 Å². The van der Waals surface area contributed by atoms with Gasteiger partial charge in [0.2, 0.25) is 0 Å². The Balaban J connectivity index is 4.41. The highest BCUT2D eigenvalue weighted by molar-refractivity contribution is 7.45. The van der Waals surface area contributed by atoms with Gasteiger partial charge in [-0.2, -0.15) is 0 Å². The smallest absolute Gasteiger partial charge is 0.306 e. The van der Waals surface area contributed by atoms with Crippen LogP contribution in [-0.2, 0) is 27.9 Å². The average Bonchev–Trinajstić information content (AvgIpc) is 3.13. The average molecular weight is 788 g/mol. The number of likely N-dealkylation sites (N-methyl/N-ethyl adjacent to an activating group) is 1. The SMILES string of the molecule is CC/C=C\C/C=C\C/C=C\C/C=C\C/C=C\C/C=C\CCCOCC(COP(=O)([O-])OCC[N+](C)(C)C)OC(=O)CCCCCCC/C=C\C/C=C\CCC. The lowest BCUT2D eigenvalue weighted by Crippen LogP contribution is -2.37. The first-order valence-electron chi connectivity index (χ1n) is 21.0. The quantitative estimate of drug-likeness (QED) is 0.0203. The van der Waals surface area contributed by atoms with Crippen LogP contribution in [0, 0.1) is 0 Å². The molecular formula is C46H78NO7P. The number of ether oxygens (including phenoxy) is 2. The molecule has 8 nitrogen and oxygen atoms in total. The van der Waals surface area contributed by atoms with Gasteiger partial charge in [0.25, 0.3) is 7.82 Å². The second kappa shape index (κ2) is 38.3. The van der Waals surface area contributed by atoms with Crippen molar-refractivity contribution in [2.45, 2.75) is 136 Å². The number of carbonyl (C=O) groups is 1. The minimum absolute atomic E-state index is 0.00646. The molecule has 0 fully saturated rings. The van der Waals surface area contributed by atoms with E-state index in [0.717, 1.165) is 103 Å². The minimum Gasteiger partial charge on any atom is -0.756 e. The lowest BCUT2D eigenvalue weighted by atomic mass is 10.1. The maximum atomic E-state index is 12.6. The van der Waals surface area contributed by atoms with Crippen LogP contribution < -0.4 is 4.89 Å². The molecule has 0 spiro atoms. The molecular weight excluding hydrogens is 709 g/mol. The third-order valence-electron chi connectivity index (χ3n) is 8.10. The Bertz CT molecular complexity index is 1190. The third-order valence-corrected chi connectivity index (χ3v) is 9.06. The molecule has 9 heteroatoms. The summed E-state index contributed by atoms with van der Waals surface area (Å²) < 4.78 is 34.4. The summed E-state index contributed by atoms with van der Waals surface area (Å²) in [5.41, 5.74) is 0. The zero-order valence-corrected chi connectivity index (χ0v) is 36.2. The topological polar surface area (TPSA) is 94.1 Å². The number of hydrogen-bond donors (Lipinski definition) is 0. The van der Waals surface area contributed by atoms with Crippen molar-refractivity contribution in [2.24, 2.45) is 0 Å². The van der Waals surface area contributed by atoms with E-state index < -0.39 is 13.9 Å². The third kappa shape index (κ3) is 42.4. The molecule has 0 bridgehead atoms. The zero-order valence-electron chi connectivity index (χ0n) is 35.3. The Hall–Kier alpha value is -2.58. The van der Waals surface area contributed by atoms with Gasteiger partial charge in [-0.3, -0.25) is 9.36 Å².